The predicted octanol–water partition coefficient (Wildman–Crippen LogP) is 3.34. The number of aromatic nitrogens is 1. The summed E-state index contributed by atoms with van der Waals surface area (Å²) in [6, 6.07) is 8.34. The highest BCUT2D eigenvalue weighted by atomic mass is 16.9. The number of hydrogen-bond acceptors (Lipinski definition) is 6. The predicted molar refractivity (Wildman–Crippen MR) is 109 cm³/mol. The van der Waals surface area contributed by atoms with Gasteiger partial charge in [-0.1, -0.05) is 18.2 Å². The van der Waals surface area contributed by atoms with Crippen molar-refractivity contribution in [3.8, 4) is 0 Å². The second-order valence-electron chi connectivity index (χ2n) is 8.94. The molecule has 7 nitrogen and oxygen atoms in total. The molecular weight excluding hydrogens is 384 g/mol. The Morgan fingerprint density at radius 2 is 1.73 bits per heavy atom. The van der Waals surface area contributed by atoms with Crippen LogP contribution in [0.4, 0.5) is 0 Å². The smallest absolute Gasteiger partial charge is 0.303 e. The minimum Gasteiger partial charge on any atom is -0.459 e. The normalized spacial score (nSPS) is 34.7. The molecule has 5 rings (SSSR count). The summed E-state index contributed by atoms with van der Waals surface area (Å²) < 4.78 is 11.0. The number of hydroxylamine groups is 2. The highest BCUT2D eigenvalue weighted by Gasteiger charge is 2.63. The lowest BCUT2D eigenvalue weighted by atomic mass is 9.78. The molecule has 160 valence electrons. The van der Waals surface area contributed by atoms with E-state index >= 15 is 0 Å². The lowest BCUT2D eigenvalue weighted by Crippen LogP contribution is -2.42. The van der Waals surface area contributed by atoms with Gasteiger partial charge in [-0.05, 0) is 55.6 Å². The molecule has 1 aromatic carbocycles. The third kappa shape index (κ3) is 3.61. The van der Waals surface area contributed by atoms with E-state index in [9.17, 15) is 9.59 Å². The van der Waals surface area contributed by atoms with Crippen LogP contribution in [0, 0.1) is 11.8 Å². The number of H-pyrrole nitrogens is 1. The number of hydrogen-bond donors (Lipinski definition) is 1. The molecule has 0 radical (unpaired) electrons. The van der Waals surface area contributed by atoms with Gasteiger partial charge in [0, 0.05) is 37.5 Å². The summed E-state index contributed by atoms with van der Waals surface area (Å²) in [5.74, 6) is 0.177. The number of carbonyl (C=O) groups is 2. The zero-order valence-corrected chi connectivity index (χ0v) is 17.4. The fourth-order valence-corrected chi connectivity index (χ4v) is 5.64. The Kier molecular flexibility index (Phi) is 4.82. The van der Waals surface area contributed by atoms with Gasteiger partial charge >= 0.3 is 11.9 Å². The van der Waals surface area contributed by atoms with E-state index in [0.717, 1.165) is 44.2 Å². The van der Waals surface area contributed by atoms with Gasteiger partial charge in [0.15, 0.2) is 5.72 Å². The molecule has 0 amide bonds. The van der Waals surface area contributed by atoms with Crippen molar-refractivity contribution in [2.45, 2.75) is 63.9 Å². The number of rotatable bonds is 5. The standard InChI is InChI=1S/C23H28N2O5/c1-14(26)28-21-9-17-11-23(12-18(17)10-22(21)29-15(2)27)25(30-23)8-7-16-13-24-20-6-4-3-5-19(16)20/h3-6,13,17-18,21-22,24H,7-12H2,1-2H3/t17-,18-,21-,22+,23?,25?/m0/s1. The van der Waals surface area contributed by atoms with E-state index < -0.39 is 0 Å². The van der Waals surface area contributed by atoms with Crippen molar-refractivity contribution in [3.63, 3.8) is 0 Å². The number of carbonyl (C=O) groups excluding carboxylic acids is 2. The number of aromatic amines is 1. The molecule has 2 unspecified atom stereocenters. The molecular formula is C23H28N2O5. The minimum atomic E-state index is -0.360. The first kappa shape index (κ1) is 19.6. The van der Waals surface area contributed by atoms with Gasteiger partial charge in [-0.3, -0.25) is 14.4 Å². The topological polar surface area (TPSA) is 83.9 Å². The van der Waals surface area contributed by atoms with Crippen LogP contribution in [0.5, 0.6) is 0 Å². The van der Waals surface area contributed by atoms with Crippen LogP contribution in [0.2, 0.25) is 0 Å². The minimum absolute atomic E-state index is 0.201. The maximum Gasteiger partial charge on any atom is 0.303 e. The molecule has 6 atom stereocenters. The maximum atomic E-state index is 11.5. The largest absolute Gasteiger partial charge is 0.459 e. The SMILES string of the molecule is CC(=O)O[C@H]1C[C@H]2CC3(C[C@@H]2C[C@H]1OC(C)=O)ON3CCc1c[nH]c2ccccc12. The van der Waals surface area contributed by atoms with Crippen molar-refractivity contribution in [3.05, 3.63) is 36.0 Å². The monoisotopic (exact) mass is 412 g/mol. The molecule has 0 bridgehead atoms. The number of para-hydroxylation sites is 1. The van der Waals surface area contributed by atoms with Crippen LogP contribution in [0.1, 0.15) is 45.1 Å². The summed E-state index contributed by atoms with van der Waals surface area (Å²) in [7, 11) is 0. The summed E-state index contributed by atoms with van der Waals surface area (Å²) >= 11 is 0. The van der Waals surface area contributed by atoms with Crippen LogP contribution >= 0.6 is 0 Å². The van der Waals surface area contributed by atoms with Crippen LogP contribution in [0.15, 0.2) is 30.5 Å². The summed E-state index contributed by atoms with van der Waals surface area (Å²) in [6.07, 6.45) is 5.62. The van der Waals surface area contributed by atoms with Crippen LogP contribution < -0.4 is 0 Å². The molecule has 30 heavy (non-hydrogen) atoms. The van der Waals surface area contributed by atoms with Gasteiger partial charge < -0.3 is 14.5 Å². The molecule has 2 saturated carbocycles. The van der Waals surface area contributed by atoms with Gasteiger partial charge in [-0.2, -0.15) is 5.06 Å². The number of ether oxygens (including phenoxy) is 2. The van der Waals surface area contributed by atoms with Crippen LogP contribution in [0.25, 0.3) is 10.9 Å². The van der Waals surface area contributed by atoms with Gasteiger partial charge in [-0.15, -0.1) is 0 Å². The van der Waals surface area contributed by atoms with E-state index in [4.69, 9.17) is 14.3 Å². The Morgan fingerprint density at radius 3 is 2.37 bits per heavy atom. The average Bonchev–Trinajstić information content (AvgIpc) is 3.03. The Morgan fingerprint density at radius 1 is 1.10 bits per heavy atom. The summed E-state index contributed by atoms with van der Waals surface area (Å²) in [6.45, 7) is 3.66. The number of fused-ring (bicyclic) bond motifs is 2. The molecule has 3 aliphatic rings. The Labute approximate surface area is 175 Å². The molecule has 1 aromatic heterocycles. The molecule has 7 heteroatoms. The van der Waals surface area contributed by atoms with E-state index in [-0.39, 0.29) is 29.9 Å². The van der Waals surface area contributed by atoms with E-state index in [1.165, 1.54) is 24.8 Å². The second-order valence-corrected chi connectivity index (χ2v) is 8.94. The molecule has 1 spiro atoms. The van der Waals surface area contributed by atoms with Gasteiger partial charge in [-0.25, -0.2) is 0 Å². The van der Waals surface area contributed by atoms with E-state index in [0.29, 0.717) is 11.8 Å². The van der Waals surface area contributed by atoms with Crippen molar-refractivity contribution < 1.29 is 23.9 Å². The van der Waals surface area contributed by atoms with E-state index in [2.05, 4.69) is 34.4 Å². The summed E-state index contributed by atoms with van der Waals surface area (Å²) in [4.78, 5) is 32.5. The Balaban J connectivity index is 1.22. The zero-order valence-electron chi connectivity index (χ0n) is 17.4. The fourth-order valence-electron chi connectivity index (χ4n) is 5.64. The van der Waals surface area contributed by atoms with Crippen molar-refractivity contribution >= 4 is 22.8 Å². The molecule has 1 saturated heterocycles. The quantitative estimate of drug-likeness (QED) is 0.599. The highest BCUT2D eigenvalue weighted by Crippen LogP contribution is 2.57. The van der Waals surface area contributed by atoms with Crippen LogP contribution in [0.3, 0.4) is 0 Å². The molecule has 2 aliphatic carbocycles. The average molecular weight is 412 g/mol. The second kappa shape index (κ2) is 7.39. The number of esters is 2. The first-order valence-electron chi connectivity index (χ1n) is 10.8. The molecule has 1 aliphatic heterocycles. The van der Waals surface area contributed by atoms with Crippen molar-refractivity contribution in [2.24, 2.45) is 11.8 Å². The third-order valence-electron chi connectivity index (χ3n) is 6.91. The lowest BCUT2D eigenvalue weighted by Gasteiger charge is -2.36. The Hall–Kier alpha value is -2.38. The molecule has 1 N–H and O–H groups in total. The first-order chi connectivity index (χ1) is 14.4. The Bertz CT molecular complexity index is 937. The van der Waals surface area contributed by atoms with Crippen molar-refractivity contribution in [1.29, 1.82) is 0 Å². The van der Waals surface area contributed by atoms with Gasteiger partial charge in [0.05, 0.1) is 0 Å². The molecule has 2 heterocycles. The molecule has 3 fully saturated rings. The van der Waals surface area contributed by atoms with Crippen molar-refractivity contribution in [2.75, 3.05) is 6.54 Å². The summed E-state index contributed by atoms with van der Waals surface area (Å²) in [5, 5.41) is 3.39. The fraction of sp³-hybridized carbons (Fsp3) is 0.565. The number of nitrogens with one attached hydrogen (secondary N) is 1. The highest BCUT2D eigenvalue weighted by molar-refractivity contribution is 5.83. The van der Waals surface area contributed by atoms with E-state index in [1.807, 2.05) is 6.07 Å². The zero-order chi connectivity index (χ0) is 20.9. The van der Waals surface area contributed by atoms with E-state index in [1.54, 1.807) is 0 Å². The van der Waals surface area contributed by atoms with Crippen molar-refractivity contribution in [1.82, 2.24) is 10.0 Å². The number of benzene rings is 1. The van der Waals surface area contributed by atoms with Crippen LogP contribution in [-0.4, -0.2) is 46.5 Å². The molecule has 2 aromatic rings. The van der Waals surface area contributed by atoms with Gasteiger partial charge in [0.1, 0.15) is 12.2 Å². The summed E-state index contributed by atoms with van der Waals surface area (Å²) in [5.41, 5.74) is 2.26. The van der Waals surface area contributed by atoms with Gasteiger partial charge in [0.25, 0.3) is 0 Å². The number of nitrogens with zero attached hydrogens (tertiary/aromatic N) is 1. The lowest BCUT2D eigenvalue weighted by molar-refractivity contribution is -0.172. The maximum absolute atomic E-state index is 11.5. The van der Waals surface area contributed by atoms with Crippen LogP contribution in [-0.2, 0) is 30.3 Å². The van der Waals surface area contributed by atoms with Gasteiger partial charge in [0.2, 0.25) is 0 Å². The first-order valence-corrected chi connectivity index (χ1v) is 10.8. The third-order valence-corrected chi connectivity index (χ3v) is 6.91.